The van der Waals surface area contributed by atoms with Crippen molar-refractivity contribution >= 4 is 16.9 Å². The van der Waals surface area contributed by atoms with E-state index in [1.807, 2.05) is 54.6 Å². The van der Waals surface area contributed by atoms with Crippen LogP contribution in [0.2, 0.25) is 0 Å². The number of para-hydroxylation sites is 1. The Morgan fingerprint density at radius 3 is 2.48 bits per heavy atom. The van der Waals surface area contributed by atoms with Crippen LogP contribution < -0.4 is 0 Å². The lowest BCUT2D eigenvalue weighted by atomic mass is 10.1. The molecule has 0 bridgehead atoms. The van der Waals surface area contributed by atoms with E-state index < -0.39 is 6.23 Å². The van der Waals surface area contributed by atoms with Crippen LogP contribution in [0.15, 0.2) is 78.9 Å². The molecule has 3 aromatic carbocycles. The van der Waals surface area contributed by atoms with Gasteiger partial charge in [0.15, 0.2) is 0 Å². The summed E-state index contributed by atoms with van der Waals surface area (Å²) in [4.78, 5) is 12.4. The van der Waals surface area contributed by atoms with Gasteiger partial charge in [-0.05, 0) is 35.9 Å². The summed E-state index contributed by atoms with van der Waals surface area (Å²) in [5, 5.41) is 10.1. The van der Waals surface area contributed by atoms with Gasteiger partial charge in [0.2, 0.25) is 6.23 Å². The second-order valence-electron chi connectivity index (χ2n) is 6.49. The first-order chi connectivity index (χ1) is 13.3. The molecule has 0 fully saturated rings. The van der Waals surface area contributed by atoms with E-state index in [4.69, 9.17) is 10.00 Å². The van der Waals surface area contributed by atoms with Crippen molar-refractivity contribution in [3.05, 3.63) is 95.6 Å². The lowest BCUT2D eigenvalue weighted by molar-refractivity contribution is 0.0335. The molecule has 2 heterocycles. The second-order valence-corrected chi connectivity index (χ2v) is 6.49. The average molecular weight is 350 g/mol. The largest absolute Gasteiger partial charge is 0.433 e. The third-order valence-corrected chi connectivity index (χ3v) is 4.96. The van der Waals surface area contributed by atoms with Crippen molar-refractivity contribution in [2.24, 2.45) is 0 Å². The number of nitrogens with zero attached hydrogens (tertiary/aromatic N) is 2. The van der Waals surface area contributed by atoms with Gasteiger partial charge in [-0.2, -0.15) is 5.26 Å². The fourth-order valence-electron chi connectivity index (χ4n) is 3.68. The van der Waals surface area contributed by atoms with E-state index >= 15 is 0 Å². The number of nitriles is 1. The maximum Gasteiger partial charge on any atom is 0.340 e. The highest BCUT2D eigenvalue weighted by Gasteiger charge is 2.33. The lowest BCUT2D eigenvalue weighted by Gasteiger charge is -2.18. The Balaban J connectivity index is 1.77. The molecule has 0 spiro atoms. The molecular weight excluding hydrogens is 336 g/mol. The van der Waals surface area contributed by atoms with Crippen molar-refractivity contribution in [1.29, 1.82) is 5.26 Å². The smallest absolute Gasteiger partial charge is 0.340 e. The molecule has 128 valence electrons. The third kappa shape index (κ3) is 2.33. The van der Waals surface area contributed by atoms with Crippen molar-refractivity contribution in [2.45, 2.75) is 6.23 Å². The summed E-state index contributed by atoms with van der Waals surface area (Å²) in [6.07, 6.45) is -0.515. The Kier molecular flexibility index (Phi) is 3.34. The molecule has 0 saturated heterocycles. The molecule has 0 saturated carbocycles. The topological polar surface area (TPSA) is 55.0 Å². The van der Waals surface area contributed by atoms with Gasteiger partial charge < -0.3 is 9.30 Å². The van der Waals surface area contributed by atoms with Gasteiger partial charge in [0.25, 0.3) is 0 Å². The van der Waals surface area contributed by atoms with Crippen LogP contribution in [0, 0.1) is 11.3 Å². The van der Waals surface area contributed by atoms with Crippen LogP contribution in [0.5, 0.6) is 0 Å². The highest BCUT2D eigenvalue weighted by Crippen LogP contribution is 2.39. The number of aromatic nitrogens is 1. The maximum atomic E-state index is 12.4. The zero-order chi connectivity index (χ0) is 18.4. The summed E-state index contributed by atoms with van der Waals surface area (Å²) in [7, 11) is 0. The minimum atomic E-state index is -0.515. The molecule has 1 atom stereocenters. The van der Waals surface area contributed by atoms with E-state index in [0.717, 1.165) is 27.7 Å². The standard InChI is InChI=1S/C23H14N2O2/c24-14-15-9-11-16(12-10-15)21-13-17-5-1-4-8-20(17)25(21)22-18-6-2-3-7-19(18)23(26)27-22/h1-13,22H. The fraction of sp³-hybridized carbons (Fsp3) is 0.0435. The Bertz CT molecular complexity index is 1230. The predicted molar refractivity (Wildman–Crippen MR) is 102 cm³/mol. The molecule has 4 nitrogen and oxygen atoms in total. The van der Waals surface area contributed by atoms with E-state index in [1.165, 1.54) is 0 Å². The first-order valence-corrected chi connectivity index (χ1v) is 8.67. The number of esters is 1. The molecule has 0 N–H and O–H groups in total. The molecule has 4 aromatic rings. The molecule has 1 aliphatic heterocycles. The zero-order valence-electron chi connectivity index (χ0n) is 14.3. The molecule has 27 heavy (non-hydrogen) atoms. The lowest BCUT2D eigenvalue weighted by Crippen LogP contribution is -2.11. The number of ether oxygens (including phenoxy) is 1. The van der Waals surface area contributed by atoms with Crippen molar-refractivity contribution in [1.82, 2.24) is 4.57 Å². The fourth-order valence-corrected chi connectivity index (χ4v) is 3.68. The minimum Gasteiger partial charge on any atom is -0.433 e. The van der Waals surface area contributed by atoms with Gasteiger partial charge in [-0.1, -0.05) is 48.5 Å². The van der Waals surface area contributed by atoms with Gasteiger partial charge in [0.05, 0.1) is 28.4 Å². The number of carbonyl (C=O) groups is 1. The Labute approximate surface area is 155 Å². The third-order valence-electron chi connectivity index (χ3n) is 4.96. The molecule has 1 unspecified atom stereocenters. The number of cyclic esters (lactones) is 1. The molecular formula is C23H14N2O2. The van der Waals surface area contributed by atoms with E-state index in [1.54, 1.807) is 18.2 Å². The number of carbonyl (C=O) groups excluding carboxylic acids is 1. The molecule has 4 heteroatoms. The molecule has 1 aliphatic rings. The van der Waals surface area contributed by atoms with Crippen LogP contribution in [0.3, 0.4) is 0 Å². The monoisotopic (exact) mass is 350 g/mol. The molecule has 0 amide bonds. The number of rotatable bonds is 2. The van der Waals surface area contributed by atoms with Gasteiger partial charge in [-0.3, -0.25) is 0 Å². The van der Waals surface area contributed by atoms with Gasteiger partial charge in [-0.25, -0.2) is 4.79 Å². The molecule has 0 aliphatic carbocycles. The molecule has 0 radical (unpaired) electrons. The average Bonchev–Trinajstić information content (AvgIpc) is 3.26. The van der Waals surface area contributed by atoms with Crippen LogP contribution in [-0.4, -0.2) is 10.5 Å². The van der Waals surface area contributed by atoms with E-state index in [2.05, 4.69) is 16.7 Å². The first kappa shape index (κ1) is 15.4. The van der Waals surface area contributed by atoms with E-state index in [-0.39, 0.29) is 5.97 Å². The number of fused-ring (bicyclic) bond motifs is 2. The van der Waals surface area contributed by atoms with Gasteiger partial charge in [-0.15, -0.1) is 0 Å². The summed E-state index contributed by atoms with van der Waals surface area (Å²) in [5.74, 6) is -0.306. The number of hydrogen-bond acceptors (Lipinski definition) is 3. The van der Waals surface area contributed by atoms with Crippen molar-refractivity contribution in [3.8, 4) is 17.3 Å². The maximum absolute atomic E-state index is 12.4. The van der Waals surface area contributed by atoms with Crippen molar-refractivity contribution < 1.29 is 9.53 Å². The van der Waals surface area contributed by atoms with Crippen LogP contribution in [0.4, 0.5) is 0 Å². The van der Waals surface area contributed by atoms with Crippen molar-refractivity contribution in [2.75, 3.05) is 0 Å². The van der Waals surface area contributed by atoms with Crippen LogP contribution in [0.25, 0.3) is 22.2 Å². The van der Waals surface area contributed by atoms with Crippen LogP contribution >= 0.6 is 0 Å². The number of hydrogen-bond donors (Lipinski definition) is 0. The van der Waals surface area contributed by atoms with Gasteiger partial charge >= 0.3 is 5.97 Å². The van der Waals surface area contributed by atoms with Crippen LogP contribution in [-0.2, 0) is 4.74 Å². The molecule has 1 aromatic heterocycles. The summed E-state index contributed by atoms with van der Waals surface area (Å²) in [6.45, 7) is 0. The molecule has 5 rings (SSSR count). The van der Waals surface area contributed by atoms with Crippen molar-refractivity contribution in [3.63, 3.8) is 0 Å². The highest BCUT2D eigenvalue weighted by molar-refractivity contribution is 5.95. The second kappa shape index (κ2) is 5.86. The first-order valence-electron chi connectivity index (χ1n) is 8.67. The SMILES string of the molecule is N#Cc1ccc(-c2cc3ccccc3n2C2OC(=O)c3ccccc32)cc1. The van der Waals surface area contributed by atoms with Gasteiger partial charge in [0, 0.05) is 10.9 Å². The summed E-state index contributed by atoms with van der Waals surface area (Å²) in [5.41, 5.74) is 4.97. The Morgan fingerprint density at radius 2 is 1.67 bits per heavy atom. The minimum absolute atomic E-state index is 0.306. The highest BCUT2D eigenvalue weighted by atomic mass is 16.6. The zero-order valence-corrected chi connectivity index (χ0v) is 14.3. The van der Waals surface area contributed by atoms with E-state index in [9.17, 15) is 4.79 Å². The number of benzene rings is 3. The van der Waals surface area contributed by atoms with Gasteiger partial charge in [0.1, 0.15) is 0 Å². The predicted octanol–water partition coefficient (Wildman–Crippen LogP) is 4.90. The van der Waals surface area contributed by atoms with E-state index in [0.29, 0.717) is 11.1 Å². The Morgan fingerprint density at radius 1 is 0.926 bits per heavy atom. The Hall–Kier alpha value is -3.84. The summed E-state index contributed by atoms with van der Waals surface area (Å²) >= 11 is 0. The summed E-state index contributed by atoms with van der Waals surface area (Å²) in [6, 6.07) is 27.2. The summed E-state index contributed by atoms with van der Waals surface area (Å²) < 4.78 is 7.82. The van der Waals surface area contributed by atoms with Crippen LogP contribution in [0.1, 0.15) is 27.7 Å². The quantitative estimate of drug-likeness (QED) is 0.483. The normalized spacial score (nSPS) is 15.4.